The van der Waals surface area contributed by atoms with Crippen molar-refractivity contribution in [3.8, 4) is 0 Å². The van der Waals surface area contributed by atoms with Gasteiger partial charge >= 0.3 is 5.97 Å². The Bertz CT molecular complexity index is 198. The standard InChI is InChI=1S/C10H18O3/c1-10(2)5-7(8(11)6-10)4-9(12)13-3/h7-8,11H,4-6H2,1-3H3/t7-,8-/m0/s1. The summed E-state index contributed by atoms with van der Waals surface area (Å²) in [6.45, 7) is 4.24. The van der Waals surface area contributed by atoms with Gasteiger partial charge in [0.1, 0.15) is 0 Å². The maximum absolute atomic E-state index is 11.0. The molecule has 0 radical (unpaired) electrons. The van der Waals surface area contributed by atoms with E-state index in [-0.39, 0.29) is 23.4 Å². The second kappa shape index (κ2) is 3.66. The van der Waals surface area contributed by atoms with Crippen LogP contribution in [-0.4, -0.2) is 24.3 Å². The third-order valence-electron chi connectivity index (χ3n) is 2.78. The molecule has 1 saturated carbocycles. The number of aliphatic hydroxyl groups is 1. The number of rotatable bonds is 2. The van der Waals surface area contributed by atoms with Gasteiger partial charge in [-0.05, 0) is 24.2 Å². The smallest absolute Gasteiger partial charge is 0.305 e. The van der Waals surface area contributed by atoms with Crippen molar-refractivity contribution in [1.29, 1.82) is 0 Å². The van der Waals surface area contributed by atoms with Crippen LogP contribution in [0.15, 0.2) is 0 Å². The molecule has 1 N–H and O–H groups in total. The lowest BCUT2D eigenvalue weighted by molar-refractivity contribution is -0.142. The molecule has 0 spiro atoms. The summed E-state index contributed by atoms with van der Waals surface area (Å²) < 4.78 is 4.58. The van der Waals surface area contributed by atoms with Crippen molar-refractivity contribution in [3.63, 3.8) is 0 Å². The fourth-order valence-electron chi connectivity index (χ4n) is 2.17. The van der Waals surface area contributed by atoms with Gasteiger partial charge in [-0.1, -0.05) is 13.8 Å². The van der Waals surface area contributed by atoms with Crippen LogP contribution in [0.5, 0.6) is 0 Å². The molecule has 1 fully saturated rings. The molecule has 0 aromatic rings. The second-order valence-electron chi connectivity index (χ2n) is 4.68. The van der Waals surface area contributed by atoms with E-state index in [0.717, 1.165) is 12.8 Å². The van der Waals surface area contributed by atoms with Gasteiger partial charge in [0.2, 0.25) is 0 Å². The highest BCUT2D eigenvalue weighted by atomic mass is 16.5. The van der Waals surface area contributed by atoms with E-state index in [1.54, 1.807) is 0 Å². The predicted octanol–water partition coefficient (Wildman–Crippen LogP) is 1.35. The van der Waals surface area contributed by atoms with Crippen molar-refractivity contribution in [1.82, 2.24) is 0 Å². The number of carbonyl (C=O) groups excluding carboxylic acids is 1. The van der Waals surface area contributed by atoms with E-state index in [4.69, 9.17) is 0 Å². The highest BCUT2D eigenvalue weighted by molar-refractivity contribution is 5.69. The Morgan fingerprint density at radius 3 is 2.54 bits per heavy atom. The molecule has 2 atom stereocenters. The Hall–Kier alpha value is -0.570. The fraction of sp³-hybridized carbons (Fsp3) is 0.900. The molecule has 0 aromatic carbocycles. The average molecular weight is 186 g/mol. The molecule has 0 aliphatic heterocycles. The predicted molar refractivity (Wildman–Crippen MR) is 49.1 cm³/mol. The first-order valence-corrected chi connectivity index (χ1v) is 4.69. The van der Waals surface area contributed by atoms with E-state index in [9.17, 15) is 9.90 Å². The molecule has 13 heavy (non-hydrogen) atoms. The summed E-state index contributed by atoms with van der Waals surface area (Å²) in [5.41, 5.74) is 0.165. The van der Waals surface area contributed by atoms with Crippen LogP contribution in [0, 0.1) is 11.3 Å². The third-order valence-corrected chi connectivity index (χ3v) is 2.78. The normalized spacial score (nSPS) is 31.7. The zero-order valence-corrected chi connectivity index (χ0v) is 8.54. The van der Waals surface area contributed by atoms with E-state index in [0.29, 0.717) is 6.42 Å². The molecule has 0 unspecified atom stereocenters. The van der Waals surface area contributed by atoms with Crippen LogP contribution < -0.4 is 0 Å². The van der Waals surface area contributed by atoms with Gasteiger partial charge in [-0.2, -0.15) is 0 Å². The third kappa shape index (κ3) is 2.69. The number of carbonyl (C=O) groups is 1. The molecule has 3 nitrogen and oxygen atoms in total. The molecule has 1 rings (SSSR count). The summed E-state index contributed by atoms with van der Waals surface area (Å²) in [4.78, 5) is 11.0. The lowest BCUT2D eigenvalue weighted by Gasteiger charge is -2.15. The lowest BCUT2D eigenvalue weighted by atomic mass is 9.90. The van der Waals surface area contributed by atoms with Crippen LogP contribution in [0.25, 0.3) is 0 Å². The highest BCUT2D eigenvalue weighted by Crippen LogP contribution is 2.42. The summed E-state index contributed by atoms with van der Waals surface area (Å²) in [5.74, 6) is -0.135. The largest absolute Gasteiger partial charge is 0.469 e. The minimum Gasteiger partial charge on any atom is -0.469 e. The molecular formula is C10H18O3. The molecule has 1 aliphatic rings. The first kappa shape index (κ1) is 10.5. The van der Waals surface area contributed by atoms with Crippen LogP contribution in [0.1, 0.15) is 33.1 Å². The first-order chi connectivity index (χ1) is 5.94. The van der Waals surface area contributed by atoms with E-state index in [2.05, 4.69) is 18.6 Å². The maximum atomic E-state index is 11.0. The lowest BCUT2D eigenvalue weighted by Crippen LogP contribution is -2.17. The number of esters is 1. The van der Waals surface area contributed by atoms with Gasteiger partial charge in [0, 0.05) is 0 Å². The van der Waals surface area contributed by atoms with E-state index in [1.165, 1.54) is 7.11 Å². The Balaban J connectivity index is 2.48. The number of ether oxygens (including phenoxy) is 1. The number of methoxy groups -OCH3 is 1. The molecule has 3 heteroatoms. The zero-order valence-electron chi connectivity index (χ0n) is 8.54. The summed E-state index contributed by atoms with van der Waals surface area (Å²) in [7, 11) is 1.38. The molecule has 0 bridgehead atoms. The van der Waals surface area contributed by atoms with Crippen LogP contribution in [0.2, 0.25) is 0 Å². The molecule has 0 amide bonds. The van der Waals surface area contributed by atoms with Gasteiger partial charge in [0.25, 0.3) is 0 Å². The van der Waals surface area contributed by atoms with Crippen LogP contribution in [-0.2, 0) is 9.53 Å². The molecule has 1 aliphatic carbocycles. The molecule has 0 saturated heterocycles. The average Bonchev–Trinajstić information content (AvgIpc) is 2.24. The topological polar surface area (TPSA) is 46.5 Å². The molecular weight excluding hydrogens is 168 g/mol. The fourth-order valence-corrected chi connectivity index (χ4v) is 2.17. The zero-order chi connectivity index (χ0) is 10.1. The van der Waals surface area contributed by atoms with Crippen molar-refractivity contribution in [2.45, 2.75) is 39.2 Å². The van der Waals surface area contributed by atoms with Crippen molar-refractivity contribution in [2.75, 3.05) is 7.11 Å². The van der Waals surface area contributed by atoms with Crippen molar-refractivity contribution >= 4 is 5.97 Å². The maximum Gasteiger partial charge on any atom is 0.305 e. The Morgan fingerprint density at radius 1 is 1.54 bits per heavy atom. The van der Waals surface area contributed by atoms with Crippen LogP contribution in [0.3, 0.4) is 0 Å². The minimum atomic E-state index is -0.339. The van der Waals surface area contributed by atoms with Gasteiger partial charge in [-0.25, -0.2) is 0 Å². The van der Waals surface area contributed by atoms with E-state index < -0.39 is 0 Å². The Kier molecular flexibility index (Phi) is 2.96. The first-order valence-electron chi connectivity index (χ1n) is 4.69. The molecule has 76 valence electrons. The Labute approximate surface area is 79.1 Å². The number of hydrogen-bond acceptors (Lipinski definition) is 3. The van der Waals surface area contributed by atoms with Gasteiger partial charge in [0.05, 0.1) is 19.6 Å². The monoisotopic (exact) mass is 186 g/mol. The van der Waals surface area contributed by atoms with Crippen LogP contribution >= 0.6 is 0 Å². The van der Waals surface area contributed by atoms with E-state index >= 15 is 0 Å². The quantitative estimate of drug-likeness (QED) is 0.662. The van der Waals surface area contributed by atoms with Gasteiger partial charge < -0.3 is 9.84 Å². The van der Waals surface area contributed by atoms with Crippen molar-refractivity contribution < 1.29 is 14.6 Å². The SMILES string of the molecule is COC(=O)C[C@H]1CC(C)(C)C[C@@H]1O. The van der Waals surface area contributed by atoms with Gasteiger partial charge in [-0.15, -0.1) is 0 Å². The Morgan fingerprint density at radius 2 is 2.15 bits per heavy atom. The van der Waals surface area contributed by atoms with Crippen molar-refractivity contribution in [3.05, 3.63) is 0 Å². The number of hydrogen-bond donors (Lipinski definition) is 1. The minimum absolute atomic E-state index is 0.0856. The van der Waals surface area contributed by atoms with Gasteiger partial charge in [0.15, 0.2) is 0 Å². The number of aliphatic hydroxyl groups excluding tert-OH is 1. The summed E-state index contributed by atoms with van der Waals surface area (Å²) in [6, 6.07) is 0. The summed E-state index contributed by atoms with van der Waals surface area (Å²) in [6.07, 6.45) is 1.70. The summed E-state index contributed by atoms with van der Waals surface area (Å²) in [5, 5.41) is 9.66. The highest BCUT2D eigenvalue weighted by Gasteiger charge is 2.39. The summed E-state index contributed by atoms with van der Waals surface area (Å²) >= 11 is 0. The second-order valence-corrected chi connectivity index (χ2v) is 4.68. The van der Waals surface area contributed by atoms with Crippen LogP contribution in [0.4, 0.5) is 0 Å². The van der Waals surface area contributed by atoms with Crippen molar-refractivity contribution in [2.24, 2.45) is 11.3 Å². The molecule has 0 heterocycles. The van der Waals surface area contributed by atoms with E-state index in [1.807, 2.05) is 0 Å². The molecule has 0 aromatic heterocycles. The van der Waals surface area contributed by atoms with Gasteiger partial charge in [-0.3, -0.25) is 4.79 Å².